The number of thiazole rings is 1. The van der Waals surface area contributed by atoms with Crippen molar-refractivity contribution in [2.75, 3.05) is 18.8 Å². The fourth-order valence-electron chi connectivity index (χ4n) is 1.10. The summed E-state index contributed by atoms with van der Waals surface area (Å²) in [5.74, 6) is 1.12. The SMILES string of the molecule is c1nc(CCNC2=NCCS2)cs1. The largest absolute Gasteiger partial charge is 0.365 e. The van der Waals surface area contributed by atoms with Crippen molar-refractivity contribution in [3.05, 3.63) is 16.6 Å². The molecule has 0 amide bonds. The fraction of sp³-hybridized carbons (Fsp3) is 0.500. The molecule has 0 atom stereocenters. The van der Waals surface area contributed by atoms with Gasteiger partial charge < -0.3 is 5.32 Å². The van der Waals surface area contributed by atoms with Crippen LogP contribution in [0, 0.1) is 0 Å². The predicted molar refractivity (Wildman–Crippen MR) is 58.6 cm³/mol. The maximum absolute atomic E-state index is 4.31. The van der Waals surface area contributed by atoms with Gasteiger partial charge in [-0.05, 0) is 0 Å². The molecule has 3 nitrogen and oxygen atoms in total. The smallest absolute Gasteiger partial charge is 0.156 e. The number of nitrogens with one attached hydrogen (secondary N) is 1. The zero-order valence-electron chi connectivity index (χ0n) is 7.19. The van der Waals surface area contributed by atoms with Crippen molar-refractivity contribution < 1.29 is 0 Å². The van der Waals surface area contributed by atoms with Crippen molar-refractivity contribution in [2.45, 2.75) is 6.42 Å². The van der Waals surface area contributed by atoms with Gasteiger partial charge in [-0.25, -0.2) is 4.98 Å². The molecule has 0 radical (unpaired) electrons. The first-order chi connectivity index (χ1) is 6.45. The second-order valence-electron chi connectivity index (χ2n) is 2.69. The molecule has 1 aromatic heterocycles. The zero-order chi connectivity index (χ0) is 8.93. The molecule has 1 aliphatic heterocycles. The Labute approximate surface area is 85.7 Å². The minimum atomic E-state index is 0.940. The van der Waals surface area contributed by atoms with Gasteiger partial charge in [0.25, 0.3) is 0 Å². The van der Waals surface area contributed by atoms with Gasteiger partial charge in [0.05, 0.1) is 17.7 Å². The molecule has 1 aromatic rings. The molecule has 1 aliphatic rings. The average molecular weight is 213 g/mol. The van der Waals surface area contributed by atoms with Crippen LogP contribution in [0.5, 0.6) is 0 Å². The van der Waals surface area contributed by atoms with E-state index in [9.17, 15) is 0 Å². The van der Waals surface area contributed by atoms with E-state index in [1.54, 1.807) is 23.1 Å². The van der Waals surface area contributed by atoms with Gasteiger partial charge in [0.15, 0.2) is 5.17 Å². The maximum Gasteiger partial charge on any atom is 0.156 e. The standard InChI is InChI=1S/C8H11N3S2/c1(7-5-12-6-11-7)2-9-8-10-3-4-13-8/h5-6H,1-4H2,(H,9,10). The van der Waals surface area contributed by atoms with E-state index < -0.39 is 0 Å². The number of aliphatic imine (C=N–C) groups is 1. The third kappa shape index (κ3) is 2.70. The monoisotopic (exact) mass is 213 g/mol. The van der Waals surface area contributed by atoms with Gasteiger partial charge in [-0.15, -0.1) is 11.3 Å². The lowest BCUT2D eigenvalue weighted by Gasteiger charge is -2.02. The highest BCUT2D eigenvalue weighted by Gasteiger charge is 2.05. The summed E-state index contributed by atoms with van der Waals surface area (Å²) in [5, 5.41) is 6.48. The topological polar surface area (TPSA) is 37.3 Å². The summed E-state index contributed by atoms with van der Waals surface area (Å²) in [6.07, 6.45) is 0.989. The van der Waals surface area contributed by atoms with Gasteiger partial charge >= 0.3 is 0 Å². The van der Waals surface area contributed by atoms with Crippen molar-refractivity contribution >= 4 is 28.3 Å². The third-order valence-electron chi connectivity index (χ3n) is 1.73. The zero-order valence-corrected chi connectivity index (χ0v) is 8.83. The van der Waals surface area contributed by atoms with Crippen LogP contribution in [-0.4, -0.2) is 29.0 Å². The van der Waals surface area contributed by atoms with E-state index in [-0.39, 0.29) is 0 Å². The number of hydrogen-bond acceptors (Lipinski definition) is 5. The van der Waals surface area contributed by atoms with Crippen LogP contribution < -0.4 is 5.32 Å². The summed E-state index contributed by atoms with van der Waals surface area (Å²) in [5.41, 5.74) is 3.04. The van der Waals surface area contributed by atoms with Crippen LogP contribution in [0.4, 0.5) is 0 Å². The third-order valence-corrected chi connectivity index (χ3v) is 3.30. The average Bonchev–Trinajstić information content (AvgIpc) is 2.75. The summed E-state index contributed by atoms with van der Waals surface area (Å²) in [4.78, 5) is 8.52. The Morgan fingerprint density at radius 2 is 2.54 bits per heavy atom. The number of hydrogen-bond donors (Lipinski definition) is 1. The Hall–Kier alpha value is -0.550. The molecule has 5 heteroatoms. The maximum atomic E-state index is 4.31. The quantitative estimate of drug-likeness (QED) is 0.824. The number of thioether (sulfide) groups is 1. The Kier molecular flexibility index (Phi) is 3.21. The first-order valence-corrected chi connectivity index (χ1v) is 6.16. The minimum Gasteiger partial charge on any atom is -0.365 e. The van der Waals surface area contributed by atoms with Crippen LogP contribution in [0.25, 0.3) is 0 Å². The molecular formula is C8H11N3S2. The van der Waals surface area contributed by atoms with E-state index in [2.05, 4.69) is 20.7 Å². The molecule has 0 aromatic carbocycles. The molecule has 0 saturated carbocycles. The van der Waals surface area contributed by atoms with Gasteiger partial charge in [-0.3, -0.25) is 4.99 Å². The van der Waals surface area contributed by atoms with Crippen molar-refractivity contribution in [2.24, 2.45) is 4.99 Å². The number of rotatable bonds is 3. The Morgan fingerprint density at radius 3 is 3.23 bits per heavy atom. The van der Waals surface area contributed by atoms with Gasteiger partial charge in [0, 0.05) is 24.1 Å². The second-order valence-corrected chi connectivity index (χ2v) is 4.49. The summed E-state index contributed by atoms with van der Waals surface area (Å²) in [6, 6.07) is 0. The minimum absolute atomic E-state index is 0.940. The number of aromatic nitrogens is 1. The molecular weight excluding hydrogens is 202 g/mol. The molecule has 1 N–H and O–H groups in total. The highest BCUT2D eigenvalue weighted by molar-refractivity contribution is 8.14. The highest BCUT2D eigenvalue weighted by atomic mass is 32.2. The van der Waals surface area contributed by atoms with Crippen LogP contribution in [0.2, 0.25) is 0 Å². The molecule has 0 aliphatic carbocycles. The van der Waals surface area contributed by atoms with Gasteiger partial charge in [-0.2, -0.15) is 0 Å². The number of amidine groups is 1. The van der Waals surface area contributed by atoms with Crippen LogP contribution in [-0.2, 0) is 6.42 Å². The molecule has 13 heavy (non-hydrogen) atoms. The van der Waals surface area contributed by atoms with E-state index in [4.69, 9.17) is 0 Å². The lowest BCUT2D eigenvalue weighted by molar-refractivity contribution is 0.853. The Balaban J connectivity index is 1.69. The summed E-state index contributed by atoms with van der Waals surface area (Å²) < 4.78 is 0. The van der Waals surface area contributed by atoms with E-state index in [0.29, 0.717) is 0 Å². The molecule has 0 unspecified atom stereocenters. The molecule has 0 fully saturated rings. The molecule has 2 rings (SSSR count). The van der Waals surface area contributed by atoms with Crippen molar-refractivity contribution in [3.8, 4) is 0 Å². The lowest BCUT2D eigenvalue weighted by Crippen LogP contribution is -2.21. The van der Waals surface area contributed by atoms with Crippen LogP contribution in [0.3, 0.4) is 0 Å². The van der Waals surface area contributed by atoms with Gasteiger partial charge in [-0.1, -0.05) is 11.8 Å². The van der Waals surface area contributed by atoms with Crippen molar-refractivity contribution in [1.29, 1.82) is 0 Å². The molecule has 0 spiro atoms. The van der Waals surface area contributed by atoms with E-state index >= 15 is 0 Å². The molecule has 70 valence electrons. The van der Waals surface area contributed by atoms with Crippen LogP contribution in [0.15, 0.2) is 15.9 Å². The Morgan fingerprint density at radius 1 is 1.54 bits per heavy atom. The summed E-state index contributed by atoms with van der Waals surface area (Å²) >= 11 is 3.45. The molecule has 0 saturated heterocycles. The van der Waals surface area contributed by atoms with Gasteiger partial charge in [0.1, 0.15) is 0 Å². The second kappa shape index (κ2) is 4.62. The number of nitrogens with zero attached hydrogens (tertiary/aromatic N) is 2. The lowest BCUT2D eigenvalue weighted by atomic mass is 10.3. The molecule has 2 heterocycles. The van der Waals surface area contributed by atoms with Crippen LogP contribution >= 0.6 is 23.1 Å². The van der Waals surface area contributed by atoms with E-state index in [0.717, 1.165) is 30.4 Å². The summed E-state index contributed by atoms with van der Waals surface area (Å²) in [6.45, 7) is 1.90. The van der Waals surface area contributed by atoms with Crippen molar-refractivity contribution in [1.82, 2.24) is 10.3 Å². The van der Waals surface area contributed by atoms with Gasteiger partial charge in [0.2, 0.25) is 0 Å². The molecule has 0 bridgehead atoms. The predicted octanol–water partition coefficient (Wildman–Crippen LogP) is 1.38. The fourth-order valence-corrected chi connectivity index (χ4v) is 2.46. The van der Waals surface area contributed by atoms with E-state index in [1.807, 2.05) is 5.51 Å². The first-order valence-electron chi connectivity index (χ1n) is 4.23. The normalized spacial score (nSPS) is 15.8. The van der Waals surface area contributed by atoms with Crippen molar-refractivity contribution in [3.63, 3.8) is 0 Å². The summed E-state index contributed by atoms with van der Waals surface area (Å²) in [7, 11) is 0. The Bertz CT molecular complexity index is 282. The van der Waals surface area contributed by atoms with Crippen LogP contribution in [0.1, 0.15) is 5.69 Å². The first kappa shape index (κ1) is 9.02. The highest BCUT2D eigenvalue weighted by Crippen LogP contribution is 2.08. The van der Waals surface area contributed by atoms with E-state index in [1.165, 1.54) is 5.69 Å².